The topological polar surface area (TPSA) is 58.4 Å². The second kappa shape index (κ2) is 4.76. The van der Waals surface area contributed by atoms with Crippen molar-refractivity contribution >= 4 is 6.03 Å². The summed E-state index contributed by atoms with van der Waals surface area (Å²) in [5.74, 6) is 0. The van der Waals surface area contributed by atoms with Crippen LogP contribution in [0, 0.1) is 6.92 Å². The molecular formula is C14H15N3O2. The fraction of sp³-hybridized carbons (Fsp3) is 0.286. The highest BCUT2D eigenvalue weighted by atomic mass is 16.5. The summed E-state index contributed by atoms with van der Waals surface area (Å²) in [6.07, 6.45) is 1.58. The fourth-order valence-electron chi connectivity index (χ4n) is 2.23. The molecule has 0 spiro atoms. The van der Waals surface area contributed by atoms with Crippen molar-refractivity contribution in [1.82, 2.24) is 15.4 Å². The number of fused-ring (bicyclic) bond motifs is 1. The number of rotatable bonds is 2. The first-order valence-electron chi connectivity index (χ1n) is 6.23. The van der Waals surface area contributed by atoms with E-state index in [2.05, 4.69) is 22.6 Å². The molecule has 1 aromatic carbocycles. The molecule has 0 radical (unpaired) electrons. The standard InChI is InChI=1S/C14H15N3O2/c1-10-9-19-16-13(10)6-15-14(18)17-7-11-4-2-3-5-12(11)8-17/h2-5,9H,6-8H2,1H3,(H,15,18). The van der Waals surface area contributed by atoms with Crippen LogP contribution in [0.2, 0.25) is 0 Å². The van der Waals surface area contributed by atoms with E-state index in [1.54, 1.807) is 11.2 Å². The molecule has 1 N–H and O–H groups in total. The first kappa shape index (κ1) is 11.8. The lowest BCUT2D eigenvalue weighted by molar-refractivity contribution is 0.197. The normalized spacial score (nSPS) is 13.4. The Kier molecular flexibility index (Phi) is 2.95. The van der Waals surface area contributed by atoms with Crippen molar-refractivity contribution in [2.45, 2.75) is 26.6 Å². The molecule has 1 aliphatic rings. The van der Waals surface area contributed by atoms with Gasteiger partial charge in [-0.2, -0.15) is 0 Å². The van der Waals surface area contributed by atoms with Crippen LogP contribution in [0.4, 0.5) is 4.79 Å². The van der Waals surface area contributed by atoms with Crippen LogP contribution < -0.4 is 5.32 Å². The Morgan fingerprint density at radius 3 is 2.63 bits per heavy atom. The predicted octanol–water partition coefficient (Wildman–Crippen LogP) is 2.21. The Labute approximate surface area is 111 Å². The molecule has 2 aromatic rings. The Balaban J connectivity index is 1.60. The molecule has 0 saturated carbocycles. The molecule has 0 unspecified atom stereocenters. The SMILES string of the molecule is Cc1conc1CNC(=O)N1Cc2ccccc2C1. The van der Waals surface area contributed by atoms with Crippen LogP contribution >= 0.6 is 0 Å². The van der Waals surface area contributed by atoms with Crippen LogP contribution in [0.3, 0.4) is 0 Å². The van der Waals surface area contributed by atoms with Crippen molar-refractivity contribution < 1.29 is 9.32 Å². The molecule has 0 atom stereocenters. The zero-order valence-corrected chi connectivity index (χ0v) is 10.7. The largest absolute Gasteiger partial charge is 0.364 e. The minimum absolute atomic E-state index is 0.0707. The highest BCUT2D eigenvalue weighted by Crippen LogP contribution is 2.21. The van der Waals surface area contributed by atoms with Crippen LogP contribution in [0.25, 0.3) is 0 Å². The van der Waals surface area contributed by atoms with E-state index in [0.717, 1.165) is 11.3 Å². The number of carbonyl (C=O) groups excluding carboxylic acids is 1. The van der Waals surface area contributed by atoms with E-state index in [4.69, 9.17) is 4.52 Å². The monoisotopic (exact) mass is 257 g/mol. The number of nitrogens with one attached hydrogen (secondary N) is 1. The van der Waals surface area contributed by atoms with E-state index in [0.29, 0.717) is 19.6 Å². The van der Waals surface area contributed by atoms with Gasteiger partial charge in [0, 0.05) is 18.7 Å². The lowest BCUT2D eigenvalue weighted by Crippen LogP contribution is -2.36. The number of benzene rings is 1. The summed E-state index contributed by atoms with van der Waals surface area (Å²) < 4.78 is 4.84. The smallest absolute Gasteiger partial charge is 0.318 e. The maximum absolute atomic E-state index is 12.1. The molecule has 19 heavy (non-hydrogen) atoms. The second-order valence-electron chi connectivity index (χ2n) is 4.73. The molecule has 3 rings (SSSR count). The average molecular weight is 257 g/mol. The minimum Gasteiger partial charge on any atom is -0.364 e. The maximum atomic E-state index is 12.1. The van der Waals surface area contributed by atoms with E-state index in [-0.39, 0.29) is 6.03 Å². The van der Waals surface area contributed by atoms with Gasteiger partial charge in [0.25, 0.3) is 0 Å². The first-order chi connectivity index (χ1) is 9.24. The summed E-state index contributed by atoms with van der Waals surface area (Å²) in [4.78, 5) is 13.9. The Bertz CT molecular complexity index is 581. The van der Waals surface area contributed by atoms with Crippen molar-refractivity contribution in [3.63, 3.8) is 0 Å². The molecule has 5 nitrogen and oxygen atoms in total. The van der Waals surface area contributed by atoms with Gasteiger partial charge in [0.15, 0.2) is 0 Å². The van der Waals surface area contributed by atoms with Gasteiger partial charge in [0.1, 0.15) is 12.0 Å². The quantitative estimate of drug-likeness (QED) is 0.897. The zero-order valence-electron chi connectivity index (χ0n) is 10.7. The molecule has 2 amide bonds. The van der Waals surface area contributed by atoms with Crippen LogP contribution in [0.15, 0.2) is 35.1 Å². The van der Waals surface area contributed by atoms with E-state index >= 15 is 0 Å². The molecule has 1 aromatic heterocycles. The van der Waals surface area contributed by atoms with Gasteiger partial charge in [-0.25, -0.2) is 4.79 Å². The van der Waals surface area contributed by atoms with E-state index < -0.39 is 0 Å². The first-order valence-corrected chi connectivity index (χ1v) is 6.23. The molecule has 0 aliphatic carbocycles. The van der Waals surface area contributed by atoms with E-state index in [1.165, 1.54) is 11.1 Å². The predicted molar refractivity (Wildman–Crippen MR) is 69.2 cm³/mol. The van der Waals surface area contributed by atoms with Crippen molar-refractivity contribution in [3.8, 4) is 0 Å². The third-order valence-electron chi connectivity index (χ3n) is 3.38. The Hall–Kier alpha value is -2.30. The number of urea groups is 1. The zero-order chi connectivity index (χ0) is 13.2. The molecule has 5 heteroatoms. The molecule has 0 saturated heterocycles. The van der Waals surface area contributed by atoms with Crippen molar-refractivity contribution in [2.24, 2.45) is 0 Å². The summed E-state index contributed by atoms with van der Waals surface area (Å²) in [5.41, 5.74) is 4.15. The van der Waals surface area contributed by atoms with Gasteiger partial charge in [-0.1, -0.05) is 29.4 Å². The average Bonchev–Trinajstić information content (AvgIpc) is 3.01. The van der Waals surface area contributed by atoms with Gasteiger partial charge in [-0.3, -0.25) is 0 Å². The molecular weight excluding hydrogens is 242 g/mol. The van der Waals surface area contributed by atoms with Crippen molar-refractivity contribution in [3.05, 3.63) is 52.9 Å². The molecule has 0 fully saturated rings. The summed E-state index contributed by atoms with van der Waals surface area (Å²) in [6.45, 7) is 3.64. The Morgan fingerprint density at radius 1 is 1.37 bits per heavy atom. The van der Waals surface area contributed by atoms with E-state index in [1.807, 2.05) is 19.1 Å². The number of aromatic nitrogens is 1. The van der Waals surface area contributed by atoms with Crippen LogP contribution in [0.1, 0.15) is 22.4 Å². The second-order valence-corrected chi connectivity index (χ2v) is 4.73. The fourth-order valence-corrected chi connectivity index (χ4v) is 2.23. The number of hydrogen-bond acceptors (Lipinski definition) is 3. The number of hydrogen-bond donors (Lipinski definition) is 1. The molecule has 98 valence electrons. The number of amides is 2. The highest BCUT2D eigenvalue weighted by Gasteiger charge is 2.22. The number of carbonyl (C=O) groups is 1. The van der Waals surface area contributed by atoms with Crippen LogP contribution in [-0.2, 0) is 19.6 Å². The summed E-state index contributed by atoms with van der Waals surface area (Å²) in [6, 6.07) is 8.05. The van der Waals surface area contributed by atoms with Gasteiger partial charge < -0.3 is 14.7 Å². The van der Waals surface area contributed by atoms with Crippen LogP contribution in [0.5, 0.6) is 0 Å². The molecule has 2 heterocycles. The summed E-state index contributed by atoms with van der Waals surface area (Å²) in [5, 5.41) is 6.71. The van der Waals surface area contributed by atoms with Gasteiger partial charge in [0.2, 0.25) is 0 Å². The lowest BCUT2D eigenvalue weighted by atomic mass is 10.1. The van der Waals surface area contributed by atoms with Gasteiger partial charge in [-0.15, -0.1) is 0 Å². The number of nitrogens with zero attached hydrogens (tertiary/aromatic N) is 2. The van der Waals surface area contributed by atoms with Gasteiger partial charge in [-0.05, 0) is 18.1 Å². The van der Waals surface area contributed by atoms with Crippen molar-refractivity contribution in [2.75, 3.05) is 0 Å². The third kappa shape index (κ3) is 2.31. The summed E-state index contributed by atoms with van der Waals surface area (Å²) in [7, 11) is 0. The maximum Gasteiger partial charge on any atom is 0.318 e. The van der Waals surface area contributed by atoms with Gasteiger partial charge in [0.05, 0.1) is 6.54 Å². The summed E-state index contributed by atoms with van der Waals surface area (Å²) >= 11 is 0. The van der Waals surface area contributed by atoms with Crippen molar-refractivity contribution in [1.29, 1.82) is 0 Å². The van der Waals surface area contributed by atoms with Crippen LogP contribution in [-0.4, -0.2) is 16.1 Å². The molecule has 1 aliphatic heterocycles. The number of aryl methyl sites for hydroxylation is 1. The molecule has 0 bridgehead atoms. The van der Waals surface area contributed by atoms with E-state index in [9.17, 15) is 4.79 Å². The highest BCUT2D eigenvalue weighted by molar-refractivity contribution is 5.75. The van der Waals surface area contributed by atoms with Gasteiger partial charge >= 0.3 is 6.03 Å². The third-order valence-corrected chi connectivity index (χ3v) is 3.38. The lowest BCUT2D eigenvalue weighted by Gasteiger charge is -2.15. The minimum atomic E-state index is -0.0707. The Morgan fingerprint density at radius 2 is 2.05 bits per heavy atom.